The number of nitrogen functional groups attached to an aromatic ring is 2. The number of hydrogen-bond acceptors (Lipinski definition) is 4. The molecule has 0 aromatic carbocycles. The fourth-order valence-electron chi connectivity index (χ4n) is 0.560. The van der Waals surface area contributed by atoms with Gasteiger partial charge in [0, 0.05) is 7.05 Å². The molecule has 0 aliphatic rings. The van der Waals surface area contributed by atoms with E-state index in [1.54, 1.807) is 13.2 Å². The Hall–Kier alpha value is -1.39. The van der Waals surface area contributed by atoms with Gasteiger partial charge in [0.1, 0.15) is 5.82 Å². The lowest BCUT2D eigenvalue weighted by Gasteiger charge is -1.99. The van der Waals surface area contributed by atoms with Gasteiger partial charge in [-0.05, 0) is 0 Å². The zero-order valence-electron chi connectivity index (χ0n) is 5.13. The Bertz CT molecular complexity index is 203. The zero-order valence-corrected chi connectivity index (χ0v) is 5.13. The fourth-order valence-corrected chi connectivity index (χ4v) is 0.560. The van der Waals surface area contributed by atoms with E-state index in [0.29, 0.717) is 11.8 Å². The van der Waals surface area contributed by atoms with Crippen molar-refractivity contribution in [2.75, 3.05) is 23.9 Å². The normalized spacial score (nSPS) is 9.44. The Morgan fingerprint density at radius 3 is 2.67 bits per heavy atom. The summed E-state index contributed by atoms with van der Waals surface area (Å²) < 4.78 is 1.28. The minimum atomic E-state index is 0.305. The van der Waals surface area contributed by atoms with E-state index in [1.165, 1.54) is 4.68 Å². The summed E-state index contributed by atoms with van der Waals surface area (Å²) in [5.74, 6) is 6.39. The molecule has 5 N–H and O–H groups in total. The van der Waals surface area contributed by atoms with Crippen LogP contribution in [0.1, 0.15) is 0 Å². The largest absolute Gasteiger partial charge is 0.372 e. The molecule has 0 unspecified atom stereocenters. The minimum absolute atomic E-state index is 0.305. The summed E-state index contributed by atoms with van der Waals surface area (Å²) in [6.07, 6.45) is 1.56. The van der Waals surface area contributed by atoms with Crippen LogP contribution in [0.5, 0.6) is 0 Å². The minimum Gasteiger partial charge on any atom is -0.372 e. The SMILES string of the molecule is CNc1cnc(N)n1N. The molecule has 5 heteroatoms. The Morgan fingerprint density at radius 2 is 2.44 bits per heavy atom. The standard InChI is InChI=1S/C4H9N5/c1-7-3-2-8-4(5)9(3)6/h2,7H,6H2,1H3,(H2,5,8). The van der Waals surface area contributed by atoms with Crippen LogP contribution < -0.4 is 16.9 Å². The fraction of sp³-hybridized carbons (Fsp3) is 0.250. The van der Waals surface area contributed by atoms with Crippen LogP contribution in [0.25, 0.3) is 0 Å². The van der Waals surface area contributed by atoms with Crippen LogP contribution in [0.2, 0.25) is 0 Å². The number of nitrogens with zero attached hydrogens (tertiary/aromatic N) is 2. The van der Waals surface area contributed by atoms with Crippen LogP contribution in [-0.4, -0.2) is 16.7 Å². The summed E-state index contributed by atoms with van der Waals surface area (Å²) in [4.78, 5) is 3.74. The smallest absolute Gasteiger partial charge is 0.220 e. The van der Waals surface area contributed by atoms with E-state index in [0.717, 1.165) is 0 Å². The first kappa shape index (κ1) is 5.74. The molecule has 0 aliphatic heterocycles. The van der Waals surface area contributed by atoms with E-state index in [4.69, 9.17) is 11.6 Å². The Labute approximate surface area is 52.6 Å². The lowest BCUT2D eigenvalue weighted by atomic mass is 10.7. The average Bonchev–Trinajstić information content (AvgIpc) is 2.15. The van der Waals surface area contributed by atoms with E-state index < -0.39 is 0 Å². The molecule has 9 heavy (non-hydrogen) atoms. The molecule has 1 aromatic heterocycles. The number of anilines is 2. The molecule has 0 saturated carbocycles. The molecule has 0 atom stereocenters. The number of hydrogen-bond donors (Lipinski definition) is 3. The molecule has 5 nitrogen and oxygen atoms in total. The van der Waals surface area contributed by atoms with E-state index in [2.05, 4.69) is 10.3 Å². The zero-order chi connectivity index (χ0) is 6.85. The molecular formula is C4H9N5. The summed E-state index contributed by atoms with van der Waals surface area (Å²) in [5.41, 5.74) is 5.30. The lowest BCUT2D eigenvalue weighted by molar-refractivity contribution is 1.02. The third-order valence-electron chi connectivity index (χ3n) is 1.08. The molecule has 0 spiro atoms. The van der Waals surface area contributed by atoms with E-state index in [-0.39, 0.29) is 0 Å². The van der Waals surface area contributed by atoms with Gasteiger partial charge in [0.05, 0.1) is 6.20 Å². The van der Waals surface area contributed by atoms with Crippen molar-refractivity contribution in [3.63, 3.8) is 0 Å². The van der Waals surface area contributed by atoms with Crippen LogP contribution in [0, 0.1) is 0 Å². The molecule has 0 aliphatic carbocycles. The highest BCUT2D eigenvalue weighted by Crippen LogP contribution is 2.05. The van der Waals surface area contributed by atoms with Gasteiger partial charge in [0.15, 0.2) is 0 Å². The predicted molar refractivity (Wildman–Crippen MR) is 36.3 cm³/mol. The second-order valence-electron chi connectivity index (χ2n) is 1.62. The summed E-state index contributed by atoms with van der Waals surface area (Å²) in [5, 5.41) is 2.81. The molecule has 0 amide bonds. The quantitative estimate of drug-likeness (QED) is 0.432. The first-order valence-electron chi connectivity index (χ1n) is 2.51. The van der Waals surface area contributed by atoms with Gasteiger partial charge in [-0.2, -0.15) is 0 Å². The lowest BCUT2D eigenvalue weighted by Crippen LogP contribution is -2.14. The van der Waals surface area contributed by atoms with Crippen LogP contribution in [0.3, 0.4) is 0 Å². The van der Waals surface area contributed by atoms with E-state index >= 15 is 0 Å². The second kappa shape index (κ2) is 1.85. The van der Waals surface area contributed by atoms with Gasteiger partial charge in [-0.3, -0.25) is 0 Å². The molecule has 1 aromatic rings. The van der Waals surface area contributed by atoms with Gasteiger partial charge in [0.2, 0.25) is 5.95 Å². The monoisotopic (exact) mass is 127 g/mol. The topological polar surface area (TPSA) is 81.9 Å². The van der Waals surface area contributed by atoms with Crippen molar-refractivity contribution >= 4 is 11.8 Å². The number of aromatic nitrogens is 2. The Kier molecular flexibility index (Phi) is 1.18. The van der Waals surface area contributed by atoms with Gasteiger partial charge < -0.3 is 16.9 Å². The number of imidazole rings is 1. The van der Waals surface area contributed by atoms with Crippen LogP contribution in [-0.2, 0) is 0 Å². The van der Waals surface area contributed by atoms with Crippen molar-refractivity contribution < 1.29 is 0 Å². The highest BCUT2D eigenvalue weighted by molar-refractivity contribution is 5.40. The maximum atomic E-state index is 5.38. The maximum Gasteiger partial charge on any atom is 0.220 e. The highest BCUT2D eigenvalue weighted by Gasteiger charge is 1.98. The van der Waals surface area contributed by atoms with Crippen molar-refractivity contribution in [2.45, 2.75) is 0 Å². The number of nitrogens with one attached hydrogen (secondary N) is 1. The van der Waals surface area contributed by atoms with Gasteiger partial charge in [-0.25, -0.2) is 9.66 Å². The maximum absolute atomic E-state index is 5.38. The molecular weight excluding hydrogens is 118 g/mol. The second-order valence-corrected chi connectivity index (χ2v) is 1.62. The first-order chi connectivity index (χ1) is 4.25. The van der Waals surface area contributed by atoms with Crippen molar-refractivity contribution in [3.05, 3.63) is 6.20 Å². The van der Waals surface area contributed by atoms with Gasteiger partial charge in [-0.15, -0.1) is 0 Å². The summed E-state index contributed by atoms with van der Waals surface area (Å²) in [6, 6.07) is 0. The van der Waals surface area contributed by atoms with Crippen molar-refractivity contribution in [1.82, 2.24) is 9.66 Å². The van der Waals surface area contributed by atoms with E-state index in [9.17, 15) is 0 Å². The van der Waals surface area contributed by atoms with E-state index in [1.807, 2.05) is 0 Å². The molecule has 0 radical (unpaired) electrons. The molecule has 1 rings (SSSR count). The van der Waals surface area contributed by atoms with Crippen LogP contribution >= 0.6 is 0 Å². The van der Waals surface area contributed by atoms with Crippen LogP contribution in [0.4, 0.5) is 11.8 Å². The van der Waals surface area contributed by atoms with Gasteiger partial charge in [0.25, 0.3) is 0 Å². The van der Waals surface area contributed by atoms with Gasteiger partial charge >= 0.3 is 0 Å². The summed E-state index contributed by atoms with van der Waals surface area (Å²) in [6.45, 7) is 0. The Balaban J connectivity index is 3.04. The Morgan fingerprint density at radius 1 is 1.78 bits per heavy atom. The molecule has 50 valence electrons. The van der Waals surface area contributed by atoms with Crippen molar-refractivity contribution in [2.24, 2.45) is 0 Å². The van der Waals surface area contributed by atoms with Crippen LogP contribution in [0.15, 0.2) is 6.20 Å². The van der Waals surface area contributed by atoms with Crippen molar-refractivity contribution in [1.29, 1.82) is 0 Å². The third kappa shape index (κ3) is 0.758. The molecule has 1 heterocycles. The van der Waals surface area contributed by atoms with Crippen molar-refractivity contribution in [3.8, 4) is 0 Å². The third-order valence-corrected chi connectivity index (χ3v) is 1.08. The first-order valence-corrected chi connectivity index (χ1v) is 2.51. The highest BCUT2D eigenvalue weighted by atomic mass is 15.4. The predicted octanol–water partition coefficient (Wildman–Crippen LogP) is -0.779. The molecule has 0 fully saturated rings. The number of nitrogens with two attached hydrogens (primary N) is 2. The molecule has 0 bridgehead atoms. The summed E-state index contributed by atoms with van der Waals surface area (Å²) >= 11 is 0. The average molecular weight is 127 g/mol. The number of rotatable bonds is 1. The van der Waals surface area contributed by atoms with Gasteiger partial charge in [-0.1, -0.05) is 0 Å². The molecule has 0 saturated heterocycles. The summed E-state index contributed by atoms with van der Waals surface area (Å²) in [7, 11) is 1.75.